The molecule has 1 aliphatic rings. The van der Waals surface area contributed by atoms with Crippen LogP contribution in [0.5, 0.6) is 5.75 Å². The number of ether oxygens (including phenoxy) is 1. The first-order valence-electron chi connectivity index (χ1n) is 13.1. The minimum absolute atomic E-state index is 0.108. The number of carbonyl (C=O) groups is 2. The van der Waals surface area contributed by atoms with Crippen LogP contribution < -0.4 is 4.74 Å². The van der Waals surface area contributed by atoms with Crippen LogP contribution in [0, 0.1) is 17.6 Å². The molecule has 8 nitrogen and oxygen atoms in total. The summed E-state index contributed by atoms with van der Waals surface area (Å²) >= 11 is 0. The second-order valence-electron chi connectivity index (χ2n) is 9.82. The van der Waals surface area contributed by atoms with E-state index < -0.39 is 21.8 Å². The molecule has 0 spiro atoms. The summed E-state index contributed by atoms with van der Waals surface area (Å²) in [6.07, 6.45) is 4.08. The molecule has 0 atom stereocenters. The molecule has 11 heteroatoms. The van der Waals surface area contributed by atoms with E-state index in [1.807, 2.05) is 24.3 Å². The van der Waals surface area contributed by atoms with Crippen molar-refractivity contribution in [2.24, 2.45) is 5.92 Å². The molecule has 0 aliphatic carbocycles. The number of carboxylic acid groups (broad SMARTS) is 2. The molecule has 0 bridgehead atoms. The van der Waals surface area contributed by atoms with Gasteiger partial charge in [0.25, 0.3) is 0 Å². The summed E-state index contributed by atoms with van der Waals surface area (Å²) in [5.74, 6) is -2.99. The summed E-state index contributed by atoms with van der Waals surface area (Å²) in [4.78, 5) is 20.9. The van der Waals surface area contributed by atoms with E-state index in [2.05, 4.69) is 4.90 Å². The average molecular weight is 590 g/mol. The number of piperidine rings is 1. The zero-order valence-corrected chi connectivity index (χ0v) is 23.4. The zero-order chi connectivity index (χ0) is 30.0. The third-order valence-electron chi connectivity index (χ3n) is 6.88. The Morgan fingerprint density at radius 2 is 1.32 bits per heavy atom. The van der Waals surface area contributed by atoms with Crippen molar-refractivity contribution in [2.45, 2.75) is 30.1 Å². The van der Waals surface area contributed by atoms with Crippen molar-refractivity contribution < 1.29 is 41.7 Å². The summed E-state index contributed by atoms with van der Waals surface area (Å²) in [7, 11) is -3.21. The summed E-state index contributed by atoms with van der Waals surface area (Å²) in [6.45, 7) is 3.41. The summed E-state index contributed by atoms with van der Waals surface area (Å²) < 4.78 is 55.9. The van der Waals surface area contributed by atoms with Crippen molar-refractivity contribution in [2.75, 3.05) is 32.5 Å². The summed E-state index contributed by atoms with van der Waals surface area (Å²) in [5.41, 5.74) is 2.12. The van der Waals surface area contributed by atoms with Crippen LogP contribution in [0.25, 0.3) is 0 Å². The molecule has 0 aromatic heterocycles. The number of likely N-dealkylation sites (tertiary alicyclic amines) is 1. The Labute approximate surface area is 238 Å². The van der Waals surface area contributed by atoms with Gasteiger partial charge in [0, 0.05) is 18.7 Å². The zero-order valence-electron chi connectivity index (χ0n) is 22.6. The van der Waals surface area contributed by atoms with Crippen LogP contribution in [0.4, 0.5) is 8.78 Å². The van der Waals surface area contributed by atoms with Gasteiger partial charge < -0.3 is 19.8 Å². The lowest BCUT2D eigenvalue weighted by Crippen LogP contribution is -2.36. The van der Waals surface area contributed by atoms with E-state index in [1.54, 1.807) is 24.3 Å². The van der Waals surface area contributed by atoms with E-state index in [9.17, 15) is 17.2 Å². The number of nitrogens with zero attached hydrogens (tertiary/aromatic N) is 1. The molecule has 3 aromatic rings. The Morgan fingerprint density at radius 3 is 1.73 bits per heavy atom. The maximum absolute atomic E-state index is 13.5. The Morgan fingerprint density at radius 1 is 0.854 bits per heavy atom. The first kappa shape index (κ1) is 31.7. The standard InChI is InChI=1S/C28H31F2NO3S.C2H2O4/c1-35(32,33)27-13-11-26(12-14-27)34-20-2-17-31-18-15-23(16-19-31)28(21-3-7-24(29)8-4-21)22-5-9-25(30)10-6-22;3-1(4)2(5)6/h3-14,23,28H,2,15-20H2,1H3;(H,3,4)(H,5,6). The highest BCUT2D eigenvalue weighted by Crippen LogP contribution is 2.38. The molecule has 0 unspecified atom stereocenters. The molecule has 220 valence electrons. The second kappa shape index (κ2) is 14.7. The van der Waals surface area contributed by atoms with Crippen LogP contribution >= 0.6 is 0 Å². The number of halogens is 2. The van der Waals surface area contributed by atoms with Gasteiger partial charge in [0.15, 0.2) is 9.84 Å². The Balaban J connectivity index is 0.000000696. The van der Waals surface area contributed by atoms with Crippen molar-refractivity contribution in [3.05, 3.63) is 95.6 Å². The van der Waals surface area contributed by atoms with Crippen LogP contribution in [0.1, 0.15) is 36.3 Å². The minimum Gasteiger partial charge on any atom is -0.494 e. The number of carboxylic acids is 2. The van der Waals surface area contributed by atoms with Gasteiger partial charge in [0.1, 0.15) is 17.4 Å². The number of hydrogen-bond donors (Lipinski definition) is 2. The van der Waals surface area contributed by atoms with Gasteiger partial charge in [-0.2, -0.15) is 0 Å². The Hall–Kier alpha value is -3.83. The number of rotatable bonds is 9. The van der Waals surface area contributed by atoms with Crippen LogP contribution in [0.3, 0.4) is 0 Å². The third kappa shape index (κ3) is 9.94. The van der Waals surface area contributed by atoms with Gasteiger partial charge in [-0.25, -0.2) is 26.8 Å². The molecule has 0 radical (unpaired) electrons. The SMILES string of the molecule is CS(=O)(=O)c1ccc(OCCCN2CCC(C(c3ccc(F)cc3)c3ccc(F)cc3)CC2)cc1.O=C(O)C(=O)O. The van der Waals surface area contributed by atoms with E-state index in [0.717, 1.165) is 50.0 Å². The van der Waals surface area contributed by atoms with Gasteiger partial charge in [-0.1, -0.05) is 24.3 Å². The summed E-state index contributed by atoms with van der Waals surface area (Å²) in [6, 6.07) is 19.9. The largest absolute Gasteiger partial charge is 0.494 e. The monoisotopic (exact) mass is 589 g/mol. The maximum atomic E-state index is 13.5. The van der Waals surface area contributed by atoms with Crippen molar-refractivity contribution in [1.82, 2.24) is 4.90 Å². The highest BCUT2D eigenvalue weighted by molar-refractivity contribution is 7.90. The van der Waals surface area contributed by atoms with E-state index in [0.29, 0.717) is 18.3 Å². The smallest absolute Gasteiger partial charge is 0.414 e. The van der Waals surface area contributed by atoms with Gasteiger partial charge in [-0.05, 0) is 97.9 Å². The molecule has 3 aromatic carbocycles. The normalized spacial score (nSPS) is 14.2. The predicted molar refractivity (Wildman–Crippen MR) is 149 cm³/mol. The topological polar surface area (TPSA) is 121 Å². The Bertz CT molecular complexity index is 1330. The molecular weight excluding hydrogens is 556 g/mol. The van der Waals surface area contributed by atoms with Crippen LogP contribution in [0.15, 0.2) is 77.7 Å². The van der Waals surface area contributed by atoms with Crippen molar-refractivity contribution in [3.63, 3.8) is 0 Å². The van der Waals surface area contributed by atoms with Gasteiger partial charge >= 0.3 is 11.9 Å². The number of aliphatic carboxylic acids is 2. The first-order chi connectivity index (χ1) is 19.4. The van der Waals surface area contributed by atoms with Crippen molar-refractivity contribution >= 4 is 21.8 Å². The number of sulfone groups is 1. The molecule has 1 aliphatic heterocycles. The molecule has 1 heterocycles. The highest BCUT2D eigenvalue weighted by Gasteiger charge is 2.29. The lowest BCUT2D eigenvalue weighted by atomic mass is 9.76. The van der Waals surface area contributed by atoms with Gasteiger partial charge in [0.2, 0.25) is 0 Å². The minimum atomic E-state index is -3.21. The maximum Gasteiger partial charge on any atom is 0.414 e. The Kier molecular flexibility index (Phi) is 11.4. The van der Waals surface area contributed by atoms with Gasteiger partial charge in [-0.3, -0.25) is 0 Å². The van der Waals surface area contributed by atoms with Crippen LogP contribution in [-0.4, -0.2) is 68.0 Å². The van der Waals surface area contributed by atoms with E-state index in [4.69, 9.17) is 24.5 Å². The van der Waals surface area contributed by atoms with Crippen LogP contribution in [-0.2, 0) is 19.4 Å². The molecule has 1 saturated heterocycles. The molecule has 1 fully saturated rings. The first-order valence-corrected chi connectivity index (χ1v) is 15.0. The van der Waals surface area contributed by atoms with Gasteiger partial charge in [-0.15, -0.1) is 0 Å². The van der Waals surface area contributed by atoms with E-state index in [1.165, 1.54) is 30.5 Å². The average Bonchev–Trinajstić information content (AvgIpc) is 2.94. The molecule has 41 heavy (non-hydrogen) atoms. The van der Waals surface area contributed by atoms with E-state index >= 15 is 0 Å². The lowest BCUT2D eigenvalue weighted by Gasteiger charge is -2.36. The molecule has 0 saturated carbocycles. The fraction of sp³-hybridized carbons (Fsp3) is 0.333. The van der Waals surface area contributed by atoms with Gasteiger partial charge in [0.05, 0.1) is 11.5 Å². The fourth-order valence-corrected chi connectivity index (χ4v) is 5.48. The highest BCUT2D eigenvalue weighted by atomic mass is 32.2. The van der Waals surface area contributed by atoms with Crippen molar-refractivity contribution in [3.8, 4) is 5.75 Å². The predicted octanol–water partition coefficient (Wildman–Crippen LogP) is 4.84. The molecule has 0 amide bonds. The quantitative estimate of drug-likeness (QED) is 0.269. The molecular formula is C30H33F2NO7S. The summed E-state index contributed by atoms with van der Waals surface area (Å²) in [5, 5.41) is 14.8. The third-order valence-corrected chi connectivity index (χ3v) is 8.01. The number of hydrogen-bond acceptors (Lipinski definition) is 6. The van der Waals surface area contributed by atoms with E-state index in [-0.39, 0.29) is 22.4 Å². The molecule has 2 N–H and O–H groups in total. The second-order valence-corrected chi connectivity index (χ2v) is 11.8. The molecule has 4 rings (SSSR count). The fourth-order valence-electron chi connectivity index (χ4n) is 4.85. The van der Waals surface area contributed by atoms with Crippen LogP contribution in [0.2, 0.25) is 0 Å². The number of benzene rings is 3. The van der Waals surface area contributed by atoms with Crippen molar-refractivity contribution in [1.29, 1.82) is 0 Å². The lowest BCUT2D eigenvalue weighted by molar-refractivity contribution is -0.159.